The maximum absolute atomic E-state index is 11.8. The van der Waals surface area contributed by atoms with E-state index in [1.165, 1.54) is 19.2 Å². The van der Waals surface area contributed by atoms with E-state index in [4.69, 9.17) is 0 Å². The van der Waals surface area contributed by atoms with Crippen molar-refractivity contribution in [1.29, 1.82) is 0 Å². The monoisotopic (exact) mass is 279 g/mol. The topological polar surface area (TPSA) is 61.8 Å². The van der Waals surface area contributed by atoms with Crippen molar-refractivity contribution in [2.45, 2.75) is 17.7 Å². The number of anilines is 1. The zero-order valence-corrected chi connectivity index (χ0v) is 11.4. The average Bonchev–Trinajstić information content (AvgIpc) is 3.21. The van der Waals surface area contributed by atoms with E-state index < -0.39 is 10.0 Å². The second kappa shape index (κ2) is 4.94. The van der Waals surface area contributed by atoms with Crippen LogP contribution in [0.3, 0.4) is 0 Å². The third-order valence-electron chi connectivity index (χ3n) is 3.44. The van der Waals surface area contributed by atoms with Crippen molar-refractivity contribution in [2.75, 3.05) is 24.5 Å². The smallest absolute Gasteiger partial charge is 0.285 e. The zero-order valence-electron chi connectivity index (χ0n) is 10.6. The third-order valence-corrected chi connectivity index (χ3v) is 4.71. The van der Waals surface area contributed by atoms with Gasteiger partial charge in [0, 0.05) is 13.1 Å². The van der Waals surface area contributed by atoms with Crippen molar-refractivity contribution >= 4 is 22.0 Å². The molecular weight excluding hydrogens is 262 g/mol. The Kier molecular flexibility index (Phi) is 3.28. The number of nitrogens with one attached hydrogen (secondary N) is 1. The van der Waals surface area contributed by atoms with Gasteiger partial charge in [0.1, 0.15) is 11.2 Å². The van der Waals surface area contributed by atoms with Gasteiger partial charge in [0.05, 0.1) is 5.69 Å². The van der Waals surface area contributed by atoms with Gasteiger partial charge >= 0.3 is 0 Å². The van der Waals surface area contributed by atoms with Gasteiger partial charge in [-0.3, -0.25) is 0 Å². The number of hydrogen-bond acceptors (Lipinski definition) is 4. The molecule has 1 fully saturated rings. The first kappa shape index (κ1) is 12.6. The number of sulfonamides is 1. The van der Waals surface area contributed by atoms with Gasteiger partial charge < -0.3 is 10.2 Å². The van der Waals surface area contributed by atoms with Gasteiger partial charge in [-0.25, -0.2) is 0 Å². The largest absolute Gasteiger partial charge is 0.329 e. The van der Waals surface area contributed by atoms with E-state index in [9.17, 15) is 8.42 Å². The summed E-state index contributed by atoms with van der Waals surface area (Å²) in [5, 5.41) is 3.39. The van der Waals surface area contributed by atoms with Crippen LogP contribution in [-0.4, -0.2) is 34.4 Å². The summed E-state index contributed by atoms with van der Waals surface area (Å²) in [6, 6.07) is 6.99. The second-order valence-corrected chi connectivity index (χ2v) is 6.61. The molecule has 1 heterocycles. The summed E-state index contributed by atoms with van der Waals surface area (Å²) in [7, 11) is -3.50. The first-order valence-corrected chi connectivity index (χ1v) is 7.98. The molecule has 5 nitrogen and oxygen atoms in total. The van der Waals surface area contributed by atoms with Crippen molar-refractivity contribution in [2.24, 2.45) is 10.3 Å². The van der Waals surface area contributed by atoms with E-state index in [2.05, 4.69) is 9.71 Å². The highest BCUT2D eigenvalue weighted by Gasteiger charge is 2.24. The number of fused-ring (bicyclic) bond motifs is 1. The maximum atomic E-state index is 11.8. The van der Waals surface area contributed by atoms with Crippen molar-refractivity contribution < 1.29 is 8.42 Å². The highest BCUT2D eigenvalue weighted by Crippen LogP contribution is 2.29. The Morgan fingerprint density at radius 1 is 1.32 bits per heavy atom. The first-order chi connectivity index (χ1) is 9.17. The SMILES string of the molecule is O=S1(=O)N=CN(CCNCC2CC2)c2ccccc21. The zero-order chi connectivity index (χ0) is 13.3. The summed E-state index contributed by atoms with van der Waals surface area (Å²) in [4.78, 5) is 2.18. The summed E-state index contributed by atoms with van der Waals surface area (Å²) in [6.07, 6.45) is 4.08. The Morgan fingerprint density at radius 3 is 2.89 bits per heavy atom. The van der Waals surface area contributed by atoms with Gasteiger partial charge in [-0.2, -0.15) is 8.42 Å². The fraction of sp³-hybridized carbons (Fsp3) is 0.462. The normalized spacial score (nSPS) is 20.3. The molecule has 6 heteroatoms. The summed E-state index contributed by atoms with van der Waals surface area (Å²) >= 11 is 0. The maximum Gasteiger partial charge on any atom is 0.285 e. The lowest BCUT2D eigenvalue weighted by atomic mass is 10.3. The second-order valence-electron chi connectivity index (χ2n) is 5.00. The van der Waals surface area contributed by atoms with Crippen LogP contribution in [0.1, 0.15) is 12.8 Å². The van der Waals surface area contributed by atoms with Crippen LogP contribution in [0.5, 0.6) is 0 Å². The Balaban J connectivity index is 1.68. The van der Waals surface area contributed by atoms with Crippen LogP contribution in [0.15, 0.2) is 33.6 Å². The van der Waals surface area contributed by atoms with Crippen LogP contribution in [0, 0.1) is 5.92 Å². The molecule has 0 amide bonds. The minimum atomic E-state index is -3.50. The van der Waals surface area contributed by atoms with Gasteiger partial charge in [-0.1, -0.05) is 12.1 Å². The third kappa shape index (κ3) is 2.79. The molecule has 1 aliphatic carbocycles. The fourth-order valence-electron chi connectivity index (χ4n) is 2.16. The number of para-hydroxylation sites is 1. The van der Waals surface area contributed by atoms with Gasteiger partial charge in [0.15, 0.2) is 0 Å². The van der Waals surface area contributed by atoms with E-state index >= 15 is 0 Å². The van der Waals surface area contributed by atoms with E-state index in [0.29, 0.717) is 10.6 Å². The molecule has 0 atom stereocenters. The van der Waals surface area contributed by atoms with Crippen LogP contribution in [0.25, 0.3) is 0 Å². The molecule has 19 heavy (non-hydrogen) atoms. The summed E-state index contributed by atoms with van der Waals surface area (Å²) in [6.45, 7) is 2.62. The van der Waals surface area contributed by atoms with Gasteiger partial charge in [0.25, 0.3) is 10.0 Å². The van der Waals surface area contributed by atoms with E-state index in [-0.39, 0.29) is 0 Å². The van der Waals surface area contributed by atoms with E-state index in [1.54, 1.807) is 12.1 Å². The highest BCUT2D eigenvalue weighted by atomic mass is 32.2. The number of hydrogen-bond donors (Lipinski definition) is 1. The predicted octanol–water partition coefficient (Wildman–Crippen LogP) is 1.22. The molecule has 1 aromatic carbocycles. The molecule has 1 saturated carbocycles. The number of nitrogens with zero attached hydrogens (tertiary/aromatic N) is 2. The molecule has 0 aromatic heterocycles. The minimum absolute atomic E-state index is 0.291. The number of rotatable bonds is 5. The lowest BCUT2D eigenvalue weighted by Gasteiger charge is -2.25. The van der Waals surface area contributed by atoms with Gasteiger partial charge in [-0.05, 0) is 37.4 Å². The molecule has 2 aliphatic rings. The van der Waals surface area contributed by atoms with Crippen LogP contribution in [-0.2, 0) is 10.0 Å². The van der Waals surface area contributed by atoms with Gasteiger partial charge in [-0.15, -0.1) is 4.40 Å². The van der Waals surface area contributed by atoms with E-state index in [1.807, 2.05) is 17.0 Å². The molecule has 1 aliphatic heterocycles. The van der Waals surface area contributed by atoms with Crippen molar-refractivity contribution in [3.8, 4) is 0 Å². The molecule has 0 bridgehead atoms. The number of benzene rings is 1. The molecule has 0 radical (unpaired) electrons. The standard InChI is InChI=1S/C13H17N3O2S/c17-19(18)13-4-2-1-3-12(13)16(10-15-19)8-7-14-9-11-5-6-11/h1-4,10-11,14H,5-9H2. The van der Waals surface area contributed by atoms with Crippen molar-refractivity contribution in [3.63, 3.8) is 0 Å². The first-order valence-electron chi connectivity index (χ1n) is 6.54. The molecule has 0 spiro atoms. The van der Waals surface area contributed by atoms with Crippen molar-refractivity contribution in [1.82, 2.24) is 5.32 Å². The fourth-order valence-corrected chi connectivity index (χ4v) is 3.21. The Labute approximate surface area is 113 Å². The Morgan fingerprint density at radius 2 is 2.11 bits per heavy atom. The lowest BCUT2D eigenvalue weighted by Crippen LogP contribution is -2.34. The van der Waals surface area contributed by atoms with Gasteiger partial charge in [0.2, 0.25) is 0 Å². The molecule has 102 valence electrons. The summed E-state index contributed by atoms with van der Waals surface area (Å²) < 4.78 is 27.3. The Bertz CT molecular complexity index is 594. The summed E-state index contributed by atoms with van der Waals surface area (Å²) in [5.41, 5.74) is 0.714. The van der Waals surface area contributed by atoms with Crippen LogP contribution >= 0.6 is 0 Å². The predicted molar refractivity (Wildman–Crippen MR) is 75.1 cm³/mol. The summed E-state index contributed by atoms with van der Waals surface area (Å²) in [5.74, 6) is 0.850. The van der Waals surface area contributed by atoms with Crippen molar-refractivity contribution in [3.05, 3.63) is 24.3 Å². The lowest BCUT2D eigenvalue weighted by molar-refractivity contribution is 0.596. The molecule has 0 unspecified atom stereocenters. The molecule has 1 N–H and O–H groups in total. The quantitative estimate of drug-likeness (QED) is 0.823. The minimum Gasteiger partial charge on any atom is -0.329 e. The van der Waals surface area contributed by atoms with Crippen LogP contribution in [0.4, 0.5) is 5.69 Å². The average molecular weight is 279 g/mol. The van der Waals surface area contributed by atoms with Crippen LogP contribution in [0.2, 0.25) is 0 Å². The van der Waals surface area contributed by atoms with Crippen LogP contribution < -0.4 is 10.2 Å². The molecular formula is C13H17N3O2S. The van der Waals surface area contributed by atoms with E-state index in [0.717, 1.165) is 25.6 Å². The Hall–Kier alpha value is -1.40. The highest BCUT2D eigenvalue weighted by molar-refractivity contribution is 7.90. The molecule has 0 saturated heterocycles. The molecule has 1 aromatic rings. The molecule has 3 rings (SSSR count).